The summed E-state index contributed by atoms with van der Waals surface area (Å²) >= 11 is 0. The number of sulfonamides is 1. The van der Waals surface area contributed by atoms with Crippen molar-refractivity contribution in [1.82, 2.24) is 19.3 Å². The maximum Gasteiger partial charge on any atom is 0.303 e. The highest BCUT2D eigenvalue weighted by molar-refractivity contribution is 7.89. The van der Waals surface area contributed by atoms with Crippen molar-refractivity contribution in [2.45, 2.75) is 30.8 Å². The van der Waals surface area contributed by atoms with E-state index in [1.807, 2.05) is 48.5 Å². The second-order valence-electron chi connectivity index (χ2n) is 7.94. The largest absolute Gasteiger partial charge is 0.481 e. The van der Waals surface area contributed by atoms with Crippen LogP contribution in [0.2, 0.25) is 0 Å². The van der Waals surface area contributed by atoms with Gasteiger partial charge in [-0.15, -0.1) is 0 Å². The van der Waals surface area contributed by atoms with E-state index in [2.05, 4.69) is 15.0 Å². The number of carboxylic acids is 1. The molecule has 2 aromatic heterocycles. The van der Waals surface area contributed by atoms with E-state index < -0.39 is 16.0 Å². The van der Waals surface area contributed by atoms with Crippen LogP contribution in [0.1, 0.15) is 23.1 Å². The molecule has 2 heterocycles. The first-order chi connectivity index (χ1) is 16.9. The van der Waals surface area contributed by atoms with E-state index >= 15 is 0 Å². The molecule has 0 bridgehead atoms. The van der Waals surface area contributed by atoms with Crippen molar-refractivity contribution in [1.29, 1.82) is 0 Å². The third kappa shape index (κ3) is 6.34. The number of pyridine rings is 1. The number of nitrogens with zero attached hydrogens (tertiary/aromatic N) is 4. The minimum Gasteiger partial charge on any atom is -0.481 e. The molecular formula is C26H24N4O4S. The maximum atomic E-state index is 13.5. The standard InChI is InChI=1S/C26H24N4O4S/c31-25(32)12-9-20-4-1-5-22(16-20)19-30(35(33,34)24-6-2-13-27-17-24)18-21-7-10-23(11-8-21)26-28-14-3-15-29-26/h1-8,10-11,13-17H,9,12,18-19H2,(H,31,32). The van der Waals surface area contributed by atoms with Crippen LogP contribution in [0.5, 0.6) is 0 Å². The molecule has 178 valence electrons. The van der Waals surface area contributed by atoms with Crippen LogP contribution in [-0.2, 0) is 34.3 Å². The van der Waals surface area contributed by atoms with Gasteiger partial charge in [0.1, 0.15) is 4.90 Å². The smallest absolute Gasteiger partial charge is 0.303 e. The molecule has 0 radical (unpaired) electrons. The van der Waals surface area contributed by atoms with Gasteiger partial charge in [-0.05, 0) is 41.3 Å². The van der Waals surface area contributed by atoms with Gasteiger partial charge in [0.2, 0.25) is 10.0 Å². The quantitative estimate of drug-likeness (QED) is 0.360. The Morgan fingerprint density at radius 1 is 0.829 bits per heavy atom. The molecule has 9 heteroatoms. The normalized spacial score (nSPS) is 11.5. The second kappa shape index (κ2) is 11.0. The Bertz CT molecular complexity index is 1380. The fraction of sp³-hybridized carbons (Fsp3) is 0.154. The van der Waals surface area contributed by atoms with Gasteiger partial charge in [0.15, 0.2) is 5.82 Å². The van der Waals surface area contributed by atoms with Gasteiger partial charge in [0, 0.05) is 49.9 Å². The lowest BCUT2D eigenvalue weighted by atomic mass is 10.1. The number of carboxylic acid groups (broad SMARTS) is 1. The molecule has 0 aliphatic heterocycles. The molecule has 0 aliphatic rings. The fourth-order valence-corrected chi connectivity index (χ4v) is 5.00. The summed E-state index contributed by atoms with van der Waals surface area (Å²) in [6.45, 7) is 0.272. The summed E-state index contributed by atoms with van der Waals surface area (Å²) in [7, 11) is -3.85. The number of carbonyl (C=O) groups is 1. The summed E-state index contributed by atoms with van der Waals surface area (Å²) in [6.07, 6.45) is 6.59. The molecule has 0 amide bonds. The second-order valence-corrected chi connectivity index (χ2v) is 9.88. The van der Waals surface area contributed by atoms with E-state index in [0.29, 0.717) is 12.2 Å². The molecular weight excluding hydrogens is 464 g/mol. The van der Waals surface area contributed by atoms with Gasteiger partial charge in [0.25, 0.3) is 0 Å². The highest BCUT2D eigenvalue weighted by atomic mass is 32.2. The van der Waals surface area contributed by atoms with E-state index in [4.69, 9.17) is 5.11 Å². The Morgan fingerprint density at radius 2 is 1.54 bits per heavy atom. The number of aliphatic carboxylic acids is 1. The molecule has 8 nitrogen and oxygen atoms in total. The van der Waals surface area contributed by atoms with Crippen molar-refractivity contribution in [2.24, 2.45) is 0 Å². The van der Waals surface area contributed by atoms with Crippen molar-refractivity contribution < 1.29 is 18.3 Å². The predicted octanol–water partition coefficient (Wildman–Crippen LogP) is 3.95. The zero-order chi connectivity index (χ0) is 24.7. The minimum atomic E-state index is -3.85. The monoisotopic (exact) mass is 488 g/mol. The van der Waals surface area contributed by atoms with Crippen molar-refractivity contribution >= 4 is 16.0 Å². The van der Waals surface area contributed by atoms with Gasteiger partial charge in [-0.25, -0.2) is 18.4 Å². The Kier molecular flexibility index (Phi) is 7.59. The average molecular weight is 489 g/mol. The molecule has 35 heavy (non-hydrogen) atoms. The Labute approximate surface area is 204 Å². The molecule has 0 saturated carbocycles. The summed E-state index contributed by atoms with van der Waals surface area (Å²) in [4.78, 5) is 23.5. The van der Waals surface area contributed by atoms with Crippen molar-refractivity contribution in [2.75, 3.05) is 0 Å². The van der Waals surface area contributed by atoms with Gasteiger partial charge in [0.05, 0.1) is 0 Å². The molecule has 0 atom stereocenters. The number of aryl methyl sites for hydroxylation is 1. The maximum absolute atomic E-state index is 13.5. The first-order valence-electron chi connectivity index (χ1n) is 11.0. The van der Waals surface area contributed by atoms with Gasteiger partial charge >= 0.3 is 5.97 Å². The number of aromatic nitrogens is 3. The molecule has 2 aromatic carbocycles. The molecule has 0 aliphatic carbocycles. The zero-order valence-electron chi connectivity index (χ0n) is 18.9. The lowest BCUT2D eigenvalue weighted by Crippen LogP contribution is -2.30. The number of benzene rings is 2. The molecule has 1 N–H and O–H groups in total. The number of hydrogen-bond donors (Lipinski definition) is 1. The van der Waals surface area contributed by atoms with Crippen molar-refractivity contribution in [3.05, 3.63) is 108 Å². The van der Waals surface area contributed by atoms with Crippen LogP contribution in [-0.4, -0.2) is 38.8 Å². The zero-order valence-corrected chi connectivity index (χ0v) is 19.7. The summed E-state index contributed by atoms with van der Waals surface area (Å²) in [5.41, 5.74) is 3.26. The minimum absolute atomic E-state index is 0.0125. The van der Waals surface area contributed by atoms with Crippen LogP contribution < -0.4 is 0 Å². The SMILES string of the molecule is O=C(O)CCc1cccc(CN(Cc2ccc(-c3ncccn3)cc2)S(=O)(=O)c2cccnc2)c1. The third-order valence-corrected chi connectivity index (χ3v) is 7.16. The van der Waals surface area contributed by atoms with E-state index in [0.717, 1.165) is 22.3 Å². The fourth-order valence-electron chi connectivity index (χ4n) is 3.62. The average Bonchev–Trinajstić information content (AvgIpc) is 2.89. The van der Waals surface area contributed by atoms with Crippen LogP contribution in [0, 0.1) is 0 Å². The molecule has 0 unspecified atom stereocenters. The molecule has 4 aromatic rings. The van der Waals surface area contributed by atoms with E-state index in [-0.39, 0.29) is 24.4 Å². The predicted molar refractivity (Wildman–Crippen MR) is 131 cm³/mol. The summed E-state index contributed by atoms with van der Waals surface area (Å²) < 4.78 is 28.4. The Hall–Kier alpha value is -3.95. The molecule has 0 saturated heterocycles. The van der Waals surface area contributed by atoms with Crippen LogP contribution in [0.3, 0.4) is 0 Å². The van der Waals surface area contributed by atoms with Crippen molar-refractivity contribution in [3.8, 4) is 11.4 Å². The molecule has 0 fully saturated rings. The lowest BCUT2D eigenvalue weighted by Gasteiger charge is -2.23. The Morgan fingerprint density at radius 3 is 2.23 bits per heavy atom. The van der Waals surface area contributed by atoms with Gasteiger partial charge < -0.3 is 5.11 Å². The summed E-state index contributed by atoms with van der Waals surface area (Å²) in [5, 5.41) is 8.98. The molecule has 0 spiro atoms. The Balaban J connectivity index is 1.61. The van der Waals surface area contributed by atoms with E-state index in [9.17, 15) is 13.2 Å². The van der Waals surface area contributed by atoms with E-state index in [1.165, 1.54) is 22.8 Å². The first kappa shape index (κ1) is 24.2. The van der Waals surface area contributed by atoms with Crippen LogP contribution in [0.4, 0.5) is 0 Å². The summed E-state index contributed by atoms with van der Waals surface area (Å²) in [6, 6.07) is 19.7. The van der Waals surface area contributed by atoms with Gasteiger partial charge in [-0.3, -0.25) is 9.78 Å². The number of hydrogen-bond acceptors (Lipinski definition) is 6. The third-order valence-electron chi connectivity index (χ3n) is 5.39. The summed E-state index contributed by atoms with van der Waals surface area (Å²) in [5.74, 6) is -0.280. The van der Waals surface area contributed by atoms with Gasteiger partial charge in [-0.1, -0.05) is 48.5 Å². The lowest BCUT2D eigenvalue weighted by molar-refractivity contribution is -0.136. The topological polar surface area (TPSA) is 113 Å². The van der Waals surface area contributed by atoms with E-state index in [1.54, 1.807) is 24.5 Å². The van der Waals surface area contributed by atoms with Crippen molar-refractivity contribution in [3.63, 3.8) is 0 Å². The van der Waals surface area contributed by atoms with Crippen LogP contribution in [0.15, 0.2) is 96.4 Å². The van der Waals surface area contributed by atoms with Crippen LogP contribution in [0.25, 0.3) is 11.4 Å². The highest BCUT2D eigenvalue weighted by Crippen LogP contribution is 2.23. The van der Waals surface area contributed by atoms with Crippen LogP contribution >= 0.6 is 0 Å². The highest BCUT2D eigenvalue weighted by Gasteiger charge is 2.25. The number of rotatable bonds is 10. The molecule has 4 rings (SSSR count). The van der Waals surface area contributed by atoms with Gasteiger partial charge in [-0.2, -0.15) is 4.31 Å². The first-order valence-corrected chi connectivity index (χ1v) is 12.4.